The number of ketones is 1. The van der Waals surface area contributed by atoms with E-state index < -0.39 is 6.04 Å². The fourth-order valence-corrected chi connectivity index (χ4v) is 5.27. The third-order valence-electron chi connectivity index (χ3n) is 7.73. The lowest BCUT2D eigenvalue weighted by molar-refractivity contribution is -0.143. The van der Waals surface area contributed by atoms with Crippen LogP contribution in [-0.2, 0) is 36.9 Å². The predicted octanol–water partition coefficient (Wildman–Crippen LogP) is 3.75. The highest BCUT2D eigenvalue weighted by atomic mass is 19.1. The molecule has 3 aromatic carbocycles. The number of carbonyl (C=O) groups excluding carboxylic acids is 3. The lowest BCUT2D eigenvalue weighted by atomic mass is 10.0. The van der Waals surface area contributed by atoms with Gasteiger partial charge in [0.05, 0.1) is 19.8 Å². The highest BCUT2D eigenvalue weighted by molar-refractivity contribution is 5.91. The molecule has 0 radical (unpaired) electrons. The van der Waals surface area contributed by atoms with Gasteiger partial charge in [-0.1, -0.05) is 42.5 Å². The summed E-state index contributed by atoms with van der Waals surface area (Å²) >= 11 is 0. The Bertz CT molecular complexity index is 1370. The summed E-state index contributed by atoms with van der Waals surface area (Å²) in [4.78, 5) is 42.9. The predicted molar refractivity (Wildman–Crippen MR) is 162 cm³/mol. The van der Waals surface area contributed by atoms with Crippen molar-refractivity contribution in [3.63, 3.8) is 0 Å². The van der Waals surface area contributed by atoms with Gasteiger partial charge in [-0.05, 0) is 60.4 Å². The maximum Gasteiger partial charge on any atom is 0.251 e. The molecule has 2 amide bonds. The van der Waals surface area contributed by atoms with Crippen molar-refractivity contribution in [3.05, 3.63) is 95.8 Å². The molecule has 0 bridgehead atoms. The first-order chi connectivity index (χ1) is 21.4. The van der Waals surface area contributed by atoms with Crippen LogP contribution in [-0.4, -0.2) is 85.5 Å². The van der Waals surface area contributed by atoms with Crippen LogP contribution in [0, 0.1) is 5.82 Å². The zero-order valence-corrected chi connectivity index (χ0v) is 24.7. The fourth-order valence-electron chi connectivity index (χ4n) is 5.27. The summed E-state index contributed by atoms with van der Waals surface area (Å²) in [5.41, 5.74) is 1.73. The highest BCUT2D eigenvalue weighted by Crippen LogP contribution is 2.22. The van der Waals surface area contributed by atoms with Crippen molar-refractivity contribution in [2.75, 3.05) is 45.9 Å². The second-order valence-electron chi connectivity index (χ2n) is 11.1. The van der Waals surface area contributed by atoms with Crippen molar-refractivity contribution in [1.82, 2.24) is 15.1 Å². The number of hydrogen-bond acceptors (Lipinski definition) is 7. The number of nitrogens with zero attached hydrogens (tertiary/aromatic N) is 2. The van der Waals surface area contributed by atoms with Crippen LogP contribution in [0.1, 0.15) is 24.0 Å². The molecule has 2 aliphatic heterocycles. The monoisotopic (exact) mass is 603 g/mol. The number of amides is 2. The van der Waals surface area contributed by atoms with E-state index in [9.17, 15) is 18.8 Å². The molecule has 9 nitrogen and oxygen atoms in total. The van der Waals surface area contributed by atoms with Gasteiger partial charge in [-0.25, -0.2) is 4.39 Å². The maximum atomic E-state index is 13.4. The first kappa shape index (κ1) is 31.3. The normalized spacial score (nSPS) is 17.7. The van der Waals surface area contributed by atoms with E-state index in [1.165, 1.54) is 12.1 Å². The molecule has 0 aromatic heterocycles. The Balaban J connectivity index is 1.14. The van der Waals surface area contributed by atoms with Crippen LogP contribution in [0.15, 0.2) is 78.9 Å². The summed E-state index contributed by atoms with van der Waals surface area (Å²) in [6.45, 7) is 3.32. The molecule has 2 atom stereocenters. The van der Waals surface area contributed by atoms with Gasteiger partial charge in [-0.2, -0.15) is 0 Å². The SMILES string of the molecule is O=C(CN1CCN(C(=O)C2CCCO2)CC1)N[C@@H](COCc1ccccc1)C(=O)Cc1ccc(Oc2ccc(F)cc2)cc1. The number of Topliss-reactive ketones (excluding diaryl/α,β-unsaturated/α-hetero) is 1. The van der Waals surface area contributed by atoms with Crippen LogP contribution in [0.2, 0.25) is 0 Å². The van der Waals surface area contributed by atoms with Gasteiger partial charge in [0.15, 0.2) is 5.78 Å². The molecular formula is C34H38FN3O6. The molecule has 1 unspecified atom stereocenters. The number of benzene rings is 3. The molecule has 2 saturated heterocycles. The van der Waals surface area contributed by atoms with Crippen molar-refractivity contribution in [1.29, 1.82) is 0 Å². The molecule has 1 N–H and O–H groups in total. The summed E-state index contributed by atoms with van der Waals surface area (Å²) in [5.74, 6) is 0.303. The summed E-state index contributed by atoms with van der Waals surface area (Å²) in [6.07, 6.45) is 1.42. The summed E-state index contributed by atoms with van der Waals surface area (Å²) in [6, 6.07) is 21.6. The van der Waals surface area contributed by atoms with Gasteiger partial charge in [0.2, 0.25) is 5.91 Å². The van der Waals surface area contributed by atoms with E-state index >= 15 is 0 Å². The fraction of sp³-hybridized carbons (Fsp3) is 0.382. The van der Waals surface area contributed by atoms with Crippen molar-refractivity contribution < 1.29 is 33.0 Å². The Morgan fingerprint density at radius 2 is 1.57 bits per heavy atom. The summed E-state index contributed by atoms with van der Waals surface area (Å²) in [7, 11) is 0. The van der Waals surface area contributed by atoms with E-state index in [0.717, 1.165) is 24.0 Å². The minimum atomic E-state index is -0.830. The first-order valence-corrected chi connectivity index (χ1v) is 15.0. The largest absolute Gasteiger partial charge is 0.457 e. The zero-order chi connectivity index (χ0) is 30.7. The van der Waals surface area contributed by atoms with Crippen molar-refractivity contribution in [2.45, 2.75) is 38.0 Å². The third kappa shape index (κ3) is 9.19. The Morgan fingerprint density at radius 3 is 2.23 bits per heavy atom. The summed E-state index contributed by atoms with van der Waals surface area (Å²) < 4.78 is 30.3. The maximum absolute atomic E-state index is 13.4. The second-order valence-corrected chi connectivity index (χ2v) is 11.1. The number of piperazine rings is 1. The van der Waals surface area contributed by atoms with Crippen LogP contribution in [0.5, 0.6) is 11.5 Å². The van der Waals surface area contributed by atoms with Crippen LogP contribution < -0.4 is 10.1 Å². The van der Waals surface area contributed by atoms with Gasteiger partial charge >= 0.3 is 0 Å². The molecule has 44 heavy (non-hydrogen) atoms. The van der Waals surface area contributed by atoms with Gasteiger partial charge in [0, 0.05) is 39.2 Å². The second kappa shape index (κ2) is 15.6. The molecule has 0 saturated carbocycles. The molecule has 5 rings (SSSR count). The standard InChI is InChI=1S/C34H38FN3O6/c35-27-10-14-29(15-11-27)44-28-12-8-25(9-13-28)21-31(39)30(24-42-23-26-5-2-1-3-6-26)36-33(40)22-37-16-18-38(19-17-37)34(41)32-7-4-20-43-32/h1-3,5-6,8-15,30,32H,4,7,16-24H2,(H,36,40)/t30-,32?/m0/s1. The number of rotatable bonds is 13. The molecule has 0 aliphatic carbocycles. The van der Waals surface area contributed by atoms with E-state index in [-0.39, 0.29) is 49.1 Å². The van der Waals surface area contributed by atoms with Gasteiger partial charge in [-0.15, -0.1) is 0 Å². The van der Waals surface area contributed by atoms with Crippen LogP contribution >= 0.6 is 0 Å². The average Bonchev–Trinajstić information content (AvgIpc) is 3.58. The number of nitrogens with one attached hydrogen (secondary N) is 1. The van der Waals surface area contributed by atoms with Gasteiger partial charge in [0.25, 0.3) is 5.91 Å². The van der Waals surface area contributed by atoms with Gasteiger partial charge in [-0.3, -0.25) is 19.3 Å². The third-order valence-corrected chi connectivity index (χ3v) is 7.73. The highest BCUT2D eigenvalue weighted by Gasteiger charge is 2.31. The van der Waals surface area contributed by atoms with E-state index in [2.05, 4.69) is 5.32 Å². The summed E-state index contributed by atoms with van der Waals surface area (Å²) in [5, 5.41) is 2.89. The van der Waals surface area contributed by atoms with Crippen molar-refractivity contribution in [2.24, 2.45) is 0 Å². The van der Waals surface area contributed by atoms with Crippen LogP contribution in [0.4, 0.5) is 4.39 Å². The molecule has 232 valence electrons. The first-order valence-electron chi connectivity index (χ1n) is 15.0. The minimum Gasteiger partial charge on any atom is -0.457 e. The van der Waals surface area contributed by atoms with Crippen molar-refractivity contribution >= 4 is 17.6 Å². The lowest BCUT2D eigenvalue weighted by Crippen LogP contribution is -2.54. The Kier molecular flexibility index (Phi) is 11.1. The van der Waals surface area contributed by atoms with E-state index in [4.69, 9.17) is 14.2 Å². The number of carbonyl (C=O) groups is 3. The van der Waals surface area contributed by atoms with Gasteiger partial charge < -0.3 is 24.4 Å². The number of hydrogen-bond donors (Lipinski definition) is 1. The molecule has 10 heteroatoms. The van der Waals surface area contributed by atoms with E-state index in [1.807, 2.05) is 40.1 Å². The molecule has 2 aliphatic rings. The van der Waals surface area contributed by atoms with Crippen LogP contribution in [0.25, 0.3) is 0 Å². The molecule has 2 fully saturated rings. The van der Waals surface area contributed by atoms with Gasteiger partial charge in [0.1, 0.15) is 29.5 Å². The van der Waals surface area contributed by atoms with E-state index in [1.54, 1.807) is 36.4 Å². The Hall–Kier alpha value is -4.12. The van der Waals surface area contributed by atoms with Crippen LogP contribution in [0.3, 0.4) is 0 Å². The van der Waals surface area contributed by atoms with E-state index in [0.29, 0.717) is 50.9 Å². The molecule has 0 spiro atoms. The Labute approximate surface area is 256 Å². The number of ether oxygens (including phenoxy) is 3. The average molecular weight is 604 g/mol. The minimum absolute atomic E-state index is 0.0304. The molecule has 3 aromatic rings. The smallest absolute Gasteiger partial charge is 0.251 e. The molecule has 2 heterocycles. The van der Waals surface area contributed by atoms with Crippen molar-refractivity contribution in [3.8, 4) is 11.5 Å². The lowest BCUT2D eigenvalue weighted by Gasteiger charge is -2.35. The number of halogens is 1. The quantitative estimate of drug-likeness (QED) is 0.318. The Morgan fingerprint density at radius 1 is 0.886 bits per heavy atom. The molecular weight excluding hydrogens is 565 g/mol. The topological polar surface area (TPSA) is 97.4 Å². The zero-order valence-electron chi connectivity index (χ0n) is 24.7.